The summed E-state index contributed by atoms with van der Waals surface area (Å²) in [6, 6.07) is 17.3. The van der Waals surface area contributed by atoms with Crippen molar-refractivity contribution < 1.29 is 13.9 Å². The molecule has 1 aliphatic rings. The highest BCUT2D eigenvalue weighted by atomic mass is 32.2. The Labute approximate surface area is 166 Å². The molecule has 1 amide bonds. The molecule has 3 aromatic rings. The lowest BCUT2D eigenvalue weighted by atomic mass is 9.99. The summed E-state index contributed by atoms with van der Waals surface area (Å²) in [6.07, 6.45) is 1.73. The Bertz CT molecular complexity index is 1010. The second kappa shape index (κ2) is 8.24. The quantitative estimate of drug-likeness (QED) is 0.691. The fourth-order valence-electron chi connectivity index (χ4n) is 3.42. The number of thioether (sulfide) groups is 1. The summed E-state index contributed by atoms with van der Waals surface area (Å²) in [5.74, 6) is -0.719. The van der Waals surface area contributed by atoms with Gasteiger partial charge < -0.3 is 14.5 Å². The van der Waals surface area contributed by atoms with Crippen LogP contribution < -0.4 is 11.1 Å². The standard InChI is InChI=1S/C21H22N2O4S/c24-19(14-23-17-8-4-5-9-18(17)27-20(23)25)22-15-21(10-12-26-13-11-21)28-16-6-2-1-3-7-16/h1-9H,10-15H2,(H,22,24). The first-order valence-electron chi connectivity index (χ1n) is 9.32. The Kier molecular flexibility index (Phi) is 5.54. The molecular formula is C21H22N2O4S. The molecule has 1 aliphatic heterocycles. The van der Waals surface area contributed by atoms with Gasteiger partial charge in [-0.15, -0.1) is 11.8 Å². The number of benzene rings is 2. The molecule has 0 unspecified atom stereocenters. The average molecular weight is 398 g/mol. The van der Waals surface area contributed by atoms with E-state index in [4.69, 9.17) is 9.15 Å². The van der Waals surface area contributed by atoms with Crippen LogP contribution in [-0.2, 0) is 16.1 Å². The highest BCUT2D eigenvalue weighted by Gasteiger charge is 2.34. The molecule has 0 aliphatic carbocycles. The van der Waals surface area contributed by atoms with Crippen molar-refractivity contribution in [2.75, 3.05) is 19.8 Å². The molecule has 0 spiro atoms. The van der Waals surface area contributed by atoms with Crippen molar-refractivity contribution in [3.8, 4) is 0 Å². The van der Waals surface area contributed by atoms with Crippen LogP contribution in [0.4, 0.5) is 0 Å². The van der Waals surface area contributed by atoms with Crippen molar-refractivity contribution in [1.82, 2.24) is 9.88 Å². The molecule has 1 fully saturated rings. The first kappa shape index (κ1) is 18.8. The van der Waals surface area contributed by atoms with Gasteiger partial charge >= 0.3 is 5.76 Å². The van der Waals surface area contributed by atoms with Gasteiger partial charge in [0.15, 0.2) is 5.58 Å². The number of nitrogens with one attached hydrogen (secondary N) is 1. The van der Waals surface area contributed by atoms with E-state index in [9.17, 15) is 9.59 Å². The third kappa shape index (κ3) is 4.15. The number of hydrogen-bond donors (Lipinski definition) is 1. The maximum atomic E-state index is 12.6. The first-order chi connectivity index (χ1) is 13.7. The Morgan fingerprint density at radius 2 is 1.79 bits per heavy atom. The van der Waals surface area contributed by atoms with Crippen molar-refractivity contribution in [2.45, 2.75) is 29.0 Å². The molecule has 6 nitrogen and oxygen atoms in total. The van der Waals surface area contributed by atoms with Crippen molar-refractivity contribution >= 4 is 28.8 Å². The molecule has 1 saturated heterocycles. The number of aromatic nitrogens is 1. The number of oxazole rings is 1. The van der Waals surface area contributed by atoms with Crippen molar-refractivity contribution in [2.24, 2.45) is 0 Å². The highest BCUT2D eigenvalue weighted by molar-refractivity contribution is 8.00. The van der Waals surface area contributed by atoms with Gasteiger partial charge in [-0.3, -0.25) is 9.36 Å². The van der Waals surface area contributed by atoms with E-state index in [1.54, 1.807) is 30.0 Å². The Morgan fingerprint density at radius 3 is 2.57 bits per heavy atom. The number of carbonyl (C=O) groups excluding carboxylic acids is 1. The van der Waals surface area contributed by atoms with E-state index < -0.39 is 5.76 Å². The van der Waals surface area contributed by atoms with Crippen LogP contribution in [0.5, 0.6) is 0 Å². The minimum atomic E-state index is -0.518. The molecule has 4 rings (SSSR count). The van der Waals surface area contributed by atoms with Crippen molar-refractivity contribution in [3.05, 3.63) is 65.1 Å². The molecular weight excluding hydrogens is 376 g/mol. The van der Waals surface area contributed by atoms with Gasteiger partial charge in [-0.05, 0) is 37.1 Å². The summed E-state index contributed by atoms with van der Waals surface area (Å²) in [4.78, 5) is 25.8. The van der Waals surface area contributed by atoms with Gasteiger partial charge in [-0.1, -0.05) is 30.3 Å². The number of nitrogens with zero attached hydrogens (tertiary/aromatic N) is 1. The smallest absolute Gasteiger partial charge is 0.408 e. The maximum absolute atomic E-state index is 12.6. The lowest BCUT2D eigenvalue weighted by Crippen LogP contribution is -2.45. The van der Waals surface area contributed by atoms with E-state index in [2.05, 4.69) is 17.4 Å². The van der Waals surface area contributed by atoms with Crippen LogP contribution in [0.1, 0.15) is 12.8 Å². The summed E-state index contributed by atoms with van der Waals surface area (Å²) in [6.45, 7) is 1.83. The summed E-state index contributed by atoms with van der Waals surface area (Å²) in [5.41, 5.74) is 1.11. The zero-order chi connectivity index (χ0) is 19.4. The minimum Gasteiger partial charge on any atom is -0.408 e. The fraction of sp³-hybridized carbons (Fsp3) is 0.333. The van der Waals surface area contributed by atoms with E-state index in [0.29, 0.717) is 30.9 Å². The maximum Gasteiger partial charge on any atom is 0.420 e. The lowest BCUT2D eigenvalue weighted by Gasteiger charge is -2.36. The van der Waals surface area contributed by atoms with E-state index in [1.165, 1.54) is 9.46 Å². The van der Waals surface area contributed by atoms with E-state index in [1.807, 2.05) is 24.3 Å². The summed E-state index contributed by atoms with van der Waals surface area (Å²) >= 11 is 1.79. The number of carbonyl (C=O) groups is 1. The van der Waals surface area contributed by atoms with Crippen LogP contribution in [-0.4, -0.2) is 35.0 Å². The molecule has 0 saturated carbocycles. The van der Waals surface area contributed by atoms with E-state index in [0.717, 1.165) is 12.8 Å². The number of para-hydroxylation sites is 2. The lowest BCUT2D eigenvalue weighted by molar-refractivity contribution is -0.121. The first-order valence-corrected chi connectivity index (χ1v) is 10.1. The van der Waals surface area contributed by atoms with Crippen molar-refractivity contribution in [3.63, 3.8) is 0 Å². The molecule has 1 N–H and O–H groups in total. The average Bonchev–Trinajstić information content (AvgIpc) is 3.03. The number of amides is 1. The Balaban J connectivity index is 1.45. The van der Waals surface area contributed by atoms with Crippen LogP contribution in [0.2, 0.25) is 0 Å². The third-order valence-electron chi connectivity index (χ3n) is 4.96. The SMILES string of the molecule is O=C(Cn1c(=O)oc2ccccc21)NCC1(Sc2ccccc2)CCOCC1. The molecule has 0 atom stereocenters. The molecule has 7 heteroatoms. The number of ether oxygens (including phenoxy) is 1. The van der Waals surface area contributed by atoms with E-state index >= 15 is 0 Å². The molecule has 28 heavy (non-hydrogen) atoms. The van der Waals surface area contributed by atoms with Gasteiger partial charge in [0.25, 0.3) is 0 Å². The zero-order valence-corrected chi connectivity index (χ0v) is 16.2. The van der Waals surface area contributed by atoms with Gasteiger partial charge in [0.1, 0.15) is 6.54 Å². The number of rotatable bonds is 6. The Hall–Kier alpha value is -2.51. The van der Waals surface area contributed by atoms with Crippen LogP contribution >= 0.6 is 11.8 Å². The molecule has 2 aromatic carbocycles. The second-order valence-corrected chi connectivity index (χ2v) is 8.45. The van der Waals surface area contributed by atoms with Gasteiger partial charge in [0, 0.05) is 29.4 Å². The predicted molar refractivity (Wildman–Crippen MR) is 109 cm³/mol. The minimum absolute atomic E-state index is 0.0571. The molecule has 146 valence electrons. The largest absolute Gasteiger partial charge is 0.420 e. The monoisotopic (exact) mass is 398 g/mol. The van der Waals surface area contributed by atoms with Crippen LogP contribution in [0.15, 0.2) is 68.7 Å². The fourth-order valence-corrected chi connectivity index (χ4v) is 4.73. The summed E-state index contributed by atoms with van der Waals surface area (Å²) in [7, 11) is 0. The molecule has 0 radical (unpaired) electrons. The van der Waals surface area contributed by atoms with Crippen molar-refractivity contribution in [1.29, 1.82) is 0 Å². The molecule has 1 aromatic heterocycles. The van der Waals surface area contributed by atoms with Gasteiger partial charge in [0.05, 0.1) is 5.52 Å². The van der Waals surface area contributed by atoms with Gasteiger partial charge in [0.2, 0.25) is 5.91 Å². The third-order valence-corrected chi connectivity index (χ3v) is 6.46. The number of fused-ring (bicyclic) bond motifs is 1. The van der Waals surface area contributed by atoms with Crippen LogP contribution in [0.3, 0.4) is 0 Å². The summed E-state index contributed by atoms with van der Waals surface area (Å²) < 4.78 is 12.0. The molecule has 2 heterocycles. The highest BCUT2D eigenvalue weighted by Crippen LogP contribution is 2.40. The van der Waals surface area contributed by atoms with Crippen LogP contribution in [0.25, 0.3) is 11.1 Å². The Morgan fingerprint density at radius 1 is 1.07 bits per heavy atom. The topological polar surface area (TPSA) is 73.5 Å². The zero-order valence-electron chi connectivity index (χ0n) is 15.4. The van der Waals surface area contributed by atoms with Crippen LogP contribution in [0, 0.1) is 0 Å². The molecule has 0 bridgehead atoms. The second-order valence-electron chi connectivity index (χ2n) is 6.91. The van der Waals surface area contributed by atoms with Gasteiger partial charge in [-0.25, -0.2) is 4.79 Å². The summed E-state index contributed by atoms with van der Waals surface area (Å²) in [5, 5.41) is 3.03. The predicted octanol–water partition coefficient (Wildman–Crippen LogP) is 3.05. The van der Waals surface area contributed by atoms with E-state index in [-0.39, 0.29) is 17.2 Å². The normalized spacial score (nSPS) is 16.1. The number of hydrogen-bond acceptors (Lipinski definition) is 5. The van der Waals surface area contributed by atoms with Gasteiger partial charge in [-0.2, -0.15) is 0 Å².